The molecule has 132 valence electrons. The highest BCUT2D eigenvalue weighted by atomic mass is 16.5. The lowest BCUT2D eigenvalue weighted by atomic mass is 10.0. The molecule has 1 unspecified atom stereocenters. The number of hydrogen-bond donors (Lipinski definition) is 1. The van der Waals surface area contributed by atoms with E-state index in [0.29, 0.717) is 12.2 Å². The fraction of sp³-hybridized carbons (Fsp3) is 0.250. The van der Waals surface area contributed by atoms with Crippen molar-refractivity contribution in [3.8, 4) is 17.1 Å². The van der Waals surface area contributed by atoms with Gasteiger partial charge in [0, 0.05) is 18.2 Å². The predicted octanol–water partition coefficient (Wildman–Crippen LogP) is 2.52. The maximum atomic E-state index is 12.5. The van der Waals surface area contributed by atoms with Crippen molar-refractivity contribution >= 4 is 5.91 Å². The third-order valence-electron chi connectivity index (χ3n) is 4.49. The van der Waals surface area contributed by atoms with Crippen LogP contribution in [0.5, 0.6) is 5.75 Å². The summed E-state index contributed by atoms with van der Waals surface area (Å²) in [6.07, 6.45) is 0.776. The van der Waals surface area contributed by atoms with E-state index >= 15 is 0 Å². The maximum Gasteiger partial charge on any atom is 0.251 e. The highest BCUT2D eigenvalue weighted by Gasteiger charge is 2.21. The Hall–Kier alpha value is -3.15. The number of rotatable bonds is 3. The summed E-state index contributed by atoms with van der Waals surface area (Å²) in [4.78, 5) is 16.9. The molecule has 26 heavy (non-hydrogen) atoms. The third kappa shape index (κ3) is 3.18. The van der Waals surface area contributed by atoms with E-state index in [-0.39, 0.29) is 11.9 Å². The summed E-state index contributed by atoms with van der Waals surface area (Å²) < 4.78 is 7.47. The van der Waals surface area contributed by atoms with Crippen molar-refractivity contribution in [1.82, 2.24) is 20.1 Å². The number of ether oxygens (including phenoxy) is 1. The molecule has 6 heteroatoms. The van der Waals surface area contributed by atoms with Crippen molar-refractivity contribution in [2.24, 2.45) is 7.05 Å². The van der Waals surface area contributed by atoms with Gasteiger partial charge in [0.2, 0.25) is 0 Å². The number of para-hydroxylation sites is 1. The van der Waals surface area contributed by atoms with E-state index in [9.17, 15) is 4.79 Å². The number of fused-ring (bicyclic) bond motifs is 1. The number of hydrogen-bond acceptors (Lipinski definition) is 4. The van der Waals surface area contributed by atoms with Gasteiger partial charge < -0.3 is 10.1 Å². The lowest BCUT2D eigenvalue weighted by molar-refractivity contribution is 0.0915. The first kappa shape index (κ1) is 16.3. The average Bonchev–Trinajstić information content (AvgIpc) is 3.00. The lowest BCUT2D eigenvalue weighted by Crippen LogP contribution is -2.42. The Morgan fingerprint density at radius 2 is 1.96 bits per heavy atom. The number of carbonyl (C=O) groups is 1. The Morgan fingerprint density at radius 3 is 2.69 bits per heavy atom. The topological polar surface area (TPSA) is 69.0 Å². The Bertz CT molecular complexity index is 947. The van der Waals surface area contributed by atoms with E-state index in [1.54, 1.807) is 4.68 Å². The molecule has 1 aliphatic heterocycles. The molecule has 1 atom stereocenters. The third-order valence-corrected chi connectivity index (χ3v) is 4.49. The normalized spacial score (nSPS) is 15.8. The van der Waals surface area contributed by atoms with Crippen LogP contribution in [0.2, 0.25) is 0 Å². The summed E-state index contributed by atoms with van der Waals surface area (Å²) >= 11 is 0. The number of aromatic nitrogens is 3. The molecule has 0 spiro atoms. The molecule has 1 N–H and O–H groups in total. The van der Waals surface area contributed by atoms with Gasteiger partial charge in [0.05, 0.1) is 6.04 Å². The molecule has 3 aromatic rings. The van der Waals surface area contributed by atoms with E-state index in [4.69, 9.17) is 4.74 Å². The highest BCUT2D eigenvalue weighted by Crippen LogP contribution is 2.24. The number of amides is 1. The lowest BCUT2D eigenvalue weighted by Gasteiger charge is -2.26. The van der Waals surface area contributed by atoms with Gasteiger partial charge in [-0.05, 0) is 37.1 Å². The van der Waals surface area contributed by atoms with Crippen molar-refractivity contribution in [3.63, 3.8) is 0 Å². The second-order valence-corrected chi connectivity index (χ2v) is 6.48. The zero-order chi connectivity index (χ0) is 18.1. The molecule has 0 radical (unpaired) electrons. The fourth-order valence-electron chi connectivity index (χ4n) is 3.22. The second-order valence-electron chi connectivity index (χ2n) is 6.48. The van der Waals surface area contributed by atoms with Crippen LogP contribution in [0.1, 0.15) is 21.7 Å². The van der Waals surface area contributed by atoms with Crippen molar-refractivity contribution in [1.29, 1.82) is 0 Å². The summed E-state index contributed by atoms with van der Waals surface area (Å²) in [5, 5.41) is 7.31. The predicted molar refractivity (Wildman–Crippen MR) is 98.1 cm³/mol. The summed E-state index contributed by atoms with van der Waals surface area (Å²) in [5.74, 6) is 2.31. The SMILES string of the molecule is Cc1nc(-c2ccc(C(=O)NC3COc4ccccc4C3)cc2)n(C)n1. The number of benzene rings is 2. The zero-order valence-electron chi connectivity index (χ0n) is 14.8. The van der Waals surface area contributed by atoms with E-state index < -0.39 is 0 Å². The van der Waals surface area contributed by atoms with Crippen LogP contribution in [0.3, 0.4) is 0 Å². The van der Waals surface area contributed by atoms with Gasteiger partial charge in [0.25, 0.3) is 5.91 Å². The smallest absolute Gasteiger partial charge is 0.251 e. The Kier molecular flexibility index (Phi) is 4.16. The number of aryl methyl sites for hydroxylation is 2. The molecule has 0 bridgehead atoms. The first-order valence-electron chi connectivity index (χ1n) is 8.60. The standard InChI is InChI=1S/C20H20N4O2/c1-13-21-19(24(2)23-13)14-7-9-15(10-8-14)20(25)22-17-11-16-5-3-4-6-18(16)26-12-17/h3-10,17H,11-12H2,1-2H3,(H,22,25). The minimum Gasteiger partial charge on any atom is -0.491 e. The first-order chi connectivity index (χ1) is 12.6. The zero-order valence-corrected chi connectivity index (χ0v) is 14.8. The van der Waals surface area contributed by atoms with Crippen molar-refractivity contribution in [2.45, 2.75) is 19.4 Å². The van der Waals surface area contributed by atoms with Crippen LogP contribution in [0, 0.1) is 6.92 Å². The van der Waals surface area contributed by atoms with Crippen LogP contribution in [0.4, 0.5) is 0 Å². The van der Waals surface area contributed by atoms with Gasteiger partial charge in [-0.1, -0.05) is 30.3 Å². The van der Waals surface area contributed by atoms with Gasteiger partial charge >= 0.3 is 0 Å². The van der Waals surface area contributed by atoms with Crippen LogP contribution >= 0.6 is 0 Å². The Morgan fingerprint density at radius 1 is 1.19 bits per heavy atom. The van der Waals surface area contributed by atoms with E-state index in [1.165, 1.54) is 0 Å². The molecule has 1 amide bonds. The van der Waals surface area contributed by atoms with Crippen LogP contribution in [0.15, 0.2) is 48.5 Å². The molecule has 2 heterocycles. The quantitative estimate of drug-likeness (QED) is 0.790. The largest absolute Gasteiger partial charge is 0.491 e. The van der Waals surface area contributed by atoms with E-state index in [1.807, 2.05) is 62.5 Å². The summed E-state index contributed by atoms with van der Waals surface area (Å²) in [6.45, 7) is 2.34. The minimum atomic E-state index is -0.0984. The van der Waals surface area contributed by atoms with Crippen LogP contribution in [-0.4, -0.2) is 33.3 Å². The highest BCUT2D eigenvalue weighted by molar-refractivity contribution is 5.94. The van der Waals surface area contributed by atoms with Crippen molar-refractivity contribution < 1.29 is 9.53 Å². The fourth-order valence-corrected chi connectivity index (χ4v) is 3.22. The minimum absolute atomic E-state index is 0.0292. The maximum absolute atomic E-state index is 12.5. The molecule has 0 aliphatic carbocycles. The molecule has 0 saturated heterocycles. The van der Waals surface area contributed by atoms with E-state index in [2.05, 4.69) is 15.4 Å². The van der Waals surface area contributed by atoms with Crippen molar-refractivity contribution in [3.05, 3.63) is 65.5 Å². The van der Waals surface area contributed by atoms with Crippen molar-refractivity contribution in [2.75, 3.05) is 6.61 Å². The number of nitrogens with one attached hydrogen (secondary N) is 1. The van der Waals surface area contributed by atoms with Crippen LogP contribution in [-0.2, 0) is 13.5 Å². The molecule has 0 fully saturated rings. The van der Waals surface area contributed by atoms with Crippen LogP contribution < -0.4 is 10.1 Å². The van der Waals surface area contributed by atoms with Gasteiger partial charge in [0.1, 0.15) is 18.2 Å². The number of carbonyl (C=O) groups excluding carboxylic acids is 1. The van der Waals surface area contributed by atoms with Gasteiger partial charge in [-0.25, -0.2) is 9.67 Å². The Labute approximate surface area is 151 Å². The molecular weight excluding hydrogens is 328 g/mol. The summed E-state index contributed by atoms with van der Waals surface area (Å²) in [7, 11) is 1.86. The molecule has 6 nitrogen and oxygen atoms in total. The summed E-state index contributed by atoms with van der Waals surface area (Å²) in [6, 6.07) is 15.3. The Balaban J connectivity index is 1.45. The molecule has 0 saturated carbocycles. The number of nitrogens with zero attached hydrogens (tertiary/aromatic N) is 3. The van der Waals surface area contributed by atoms with Crippen LogP contribution in [0.25, 0.3) is 11.4 Å². The van der Waals surface area contributed by atoms with Gasteiger partial charge in [-0.15, -0.1) is 0 Å². The molecule has 2 aromatic carbocycles. The van der Waals surface area contributed by atoms with Gasteiger partial charge in [-0.3, -0.25) is 4.79 Å². The monoisotopic (exact) mass is 348 g/mol. The molecular formula is C20H20N4O2. The molecule has 4 rings (SSSR count). The van der Waals surface area contributed by atoms with E-state index in [0.717, 1.165) is 34.9 Å². The molecule has 1 aromatic heterocycles. The summed E-state index contributed by atoms with van der Waals surface area (Å²) in [5.41, 5.74) is 2.67. The van der Waals surface area contributed by atoms with Gasteiger partial charge in [-0.2, -0.15) is 5.10 Å². The first-order valence-corrected chi connectivity index (χ1v) is 8.60. The van der Waals surface area contributed by atoms with Gasteiger partial charge in [0.15, 0.2) is 5.82 Å². The average molecular weight is 348 g/mol. The second kappa shape index (κ2) is 6.63. The molecule has 1 aliphatic rings.